The first kappa shape index (κ1) is 18.1. The Labute approximate surface area is 154 Å². The van der Waals surface area contributed by atoms with Crippen molar-refractivity contribution in [1.82, 2.24) is 5.16 Å². The second kappa shape index (κ2) is 8.14. The first-order valence-corrected chi connectivity index (χ1v) is 9.10. The molecule has 2 aromatic carbocycles. The number of hydrogen-bond acceptors (Lipinski definition) is 5. The van der Waals surface area contributed by atoms with E-state index in [2.05, 4.69) is 5.16 Å². The zero-order chi connectivity index (χ0) is 18.5. The van der Waals surface area contributed by atoms with Crippen molar-refractivity contribution in [3.05, 3.63) is 93.1 Å². The number of rotatable bonds is 7. The van der Waals surface area contributed by atoms with Gasteiger partial charge in [-0.05, 0) is 30.2 Å². The fraction of sp³-hybridized carbons (Fsp3) is 0.211. The van der Waals surface area contributed by atoms with Crippen LogP contribution < -0.4 is 0 Å². The van der Waals surface area contributed by atoms with E-state index >= 15 is 0 Å². The number of nitrogens with zero attached hydrogens (tertiary/aromatic N) is 2. The molecule has 0 saturated heterocycles. The Bertz CT molecular complexity index is 882. The second-order valence-electron chi connectivity index (χ2n) is 5.84. The predicted octanol–water partition coefficient (Wildman–Crippen LogP) is 5.25. The predicted molar refractivity (Wildman–Crippen MR) is 98.5 cm³/mol. The quantitative estimate of drug-likeness (QED) is 0.419. The lowest BCUT2D eigenvalue weighted by Gasteiger charge is -2.16. The molecule has 0 saturated carbocycles. The fourth-order valence-corrected chi connectivity index (χ4v) is 3.87. The zero-order valence-corrected chi connectivity index (χ0v) is 14.9. The van der Waals surface area contributed by atoms with Crippen molar-refractivity contribution >= 4 is 17.4 Å². The molecule has 1 heterocycles. The van der Waals surface area contributed by atoms with Gasteiger partial charge in [0.25, 0.3) is 0 Å². The molecule has 7 heteroatoms. The number of halogens is 1. The van der Waals surface area contributed by atoms with Gasteiger partial charge in [0.1, 0.15) is 5.82 Å². The Kier molecular flexibility index (Phi) is 5.68. The second-order valence-corrected chi connectivity index (χ2v) is 7.03. The summed E-state index contributed by atoms with van der Waals surface area (Å²) in [7, 11) is 0. The van der Waals surface area contributed by atoms with Crippen molar-refractivity contribution in [1.29, 1.82) is 0 Å². The third kappa shape index (κ3) is 4.29. The van der Waals surface area contributed by atoms with E-state index < -0.39 is 4.92 Å². The number of aromatic nitrogens is 1. The van der Waals surface area contributed by atoms with Crippen molar-refractivity contribution in [3.8, 4) is 0 Å². The largest absolute Gasteiger partial charge is 0.354 e. The summed E-state index contributed by atoms with van der Waals surface area (Å²) in [6, 6.07) is 16.1. The van der Waals surface area contributed by atoms with Crippen LogP contribution >= 0.6 is 11.8 Å². The topological polar surface area (TPSA) is 69.2 Å². The van der Waals surface area contributed by atoms with E-state index in [9.17, 15) is 14.5 Å². The molecule has 0 N–H and O–H groups in total. The molecule has 26 heavy (non-hydrogen) atoms. The Morgan fingerprint density at radius 3 is 2.54 bits per heavy atom. The summed E-state index contributed by atoms with van der Waals surface area (Å²) >= 11 is 1.63. The molecule has 134 valence electrons. The Hall–Kier alpha value is -2.67. The van der Waals surface area contributed by atoms with E-state index in [0.29, 0.717) is 6.42 Å². The van der Waals surface area contributed by atoms with Gasteiger partial charge >= 0.3 is 5.69 Å². The van der Waals surface area contributed by atoms with Gasteiger partial charge in [-0.25, -0.2) is 4.39 Å². The van der Waals surface area contributed by atoms with E-state index in [1.807, 2.05) is 30.3 Å². The maximum Gasteiger partial charge on any atom is 0.334 e. The van der Waals surface area contributed by atoms with Gasteiger partial charge in [0, 0.05) is 17.4 Å². The maximum atomic E-state index is 13.3. The van der Waals surface area contributed by atoms with Crippen molar-refractivity contribution in [2.75, 3.05) is 0 Å². The third-order valence-electron chi connectivity index (χ3n) is 3.99. The average molecular weight is 372 g/mol. The third-order valence-corrected chi connectivity index (χ3v) is 5.33. The number of nitro groups is 1. The molecule has 0 aliphatic carbocycles. The molecule has 0 fully saturated rings. The van der Waals surface area contributed by atoms with Crippen LogP contribution in [0.2, 0.25) is 0 Å². The van der Waals surface area contributed by atoms with Crippen LogP contribution in [0.1, 0.15) is 27.8 Å². The van der Waals surface area contributed by atoms with E-state index in [0.717, 1.165) is 16.9 Å². The van der Waals surface area contributed by atoms with E-state index in [1.165, 1.54) is 12.1 Å². The molecule has 0 aliphatic heterocycles. The van der Waals surface area contributed by atoms with Crippen LogP contribution in [0.3, 0.4) is 0 Å². The van der Waals surface area contributed by atoms with Gasteiger partial charge < -0.3 is 4.52 Å². The minimum atomic E-state index is -0.468. The molecule has 1 unspecified atom stereocenters. The summed E-state index contributed by atoms with van der Waals surface area (Å²) in [5.41, 5.74) is 2.21. The molecule has 0 bridgehead atoms. The molecule has 3 rings (SSSR count). The molecule has 0 spiro atoms. The van der Waals surface area contributed by atoms with Crippen molar-refractivity contribution in [2.24, 2.45) is 0 Å². The number of benzene rings is 2. The lowest BCUT2D eigenvalue weighted by molar-refractivity contribution is -0.386. The SMILES string of the molecule is Cc1noc(CC(SCc2ccccc2)c2ccc(F)cc2)c1[N+](=O)[O-]. The highest BCUT2D eigenvalue weighted by Gasteiger charge is 2.27. The smallest absolute Gasteiger partial charge is 0.334 e. The molecule has 3 aromatic rings. The number of aryl methyl sites for hydroxylation is 1. The summed E-state index contributed by atoms with van der Waals surface area (Å²) in [6.07, 6.45) is 0.306. The normalized spacial score (nSPS) is 12.1. The minimum absolute atomic E-state index is 0.0857. The Morgan fingerprint density at radius 2 is 1.88 bits per heavy atom. The molecule has 1 aromatic heterocycles. The lowest BCUT2D eigenvalue weighted by Crippen LogP contribution is -2.02. The molecule has 0 amide bonds. The van der Waals surface area contributed by atoms with Crippen LogP contribution in [-0.4, -0.2) is 10.1 Å². The van der Waals surface area contributed by atoms with Crippen molar-refractivity contribution in [2.45, 2.75) is 24.3 Å². The molecule has 5 nitrogen and oxygen atoms in total. The van der Waals surface area contributed by atoms with Crippen LogP contribution in [0.15, 0.2) is 59.1 Å². The highest BCUT2D eigenvalue weighted by Crippen LogP contribution is 2.37. The van der Waals surface area contributed by atoms with Gasteiger partial charge in [-0.1, -0.05) is 47.6 Å². The van der Waals surface area contributed by atoms with Crippen LogP contribution in [0, 0.1) is 22.9 Å². The van der Waals surface area contributed by atoms with Gasteiger partial charge in [0.15, 0.2) is 5.69 Å². The summed E-state index contributed by atoms with van der Waals surface area (Å²) in [6.45, 7) is 1.55. The highest BCUT2D eigenvalue weighted by molar-refractivity contribution is 7.98. The number of hydrogen-bond donors (Lipinski definition) is 0. The maximum absolute atomic E-state index is 13.3. The van der Waals surface area contributed by atoms with Crippen LogP contribution in [-0.2, 0) is 12.2 Å². The van der Waals surface area contributed by atoms with Crippen molar-refractivity contribution in [3.63, 3.8) is 0 Å². The molecular formula is C19H17FN2O3S. The molecule has 1 atom stereocenters. The summed E-state index contributed by atoms with van der Waals surface area (Å²) < 4.78 is 18.5. The van der Waals surface area contributed by atoms with Gasteiger partial charge in [-0.2, -0.15) is 0 Å². The minimum Gasteiger partial charge on any atom is -0.354 e. The first-order valence-electron chi connectivity index (χ1n) is 8.05. The number of thioether (sulfide) groups is 1. The van der Waals surface area contributed by atoms with Gasteiger partial charge in [0.05, 0.1) is 4.92 Å². The van der Waals surface area contributed by atoms with Gasteiger partial charge in [-0.15, -0.1) is 11.8 Å². The Balaban J connectivity index is 1.85. The fourth-order valence-electron chi connectivity index (χ4n) is 2.67. The van der Waals surface area contributed by atoms with Crippen LogP contribution in [0.5, 0.6) is 0 Å². The average Bonchev–Trinajstić information content (AvgIpc) is 3.01. The van der Waals surface area contributed by atoms with Crippen LogP contribution in [0.25, 0.3) is 0 Å². The zero-order valence-electron chi connectivity index (χ0n) is 14.1. The standard InChI is InChI=1S/C19H17FN2O3S/c1-13-19(22(23)24)17(25-21-13)11-18(15-7-9-16(20)10-8-15)26-12-14-5-3-2-4-6-14/h2-10,18H,11-12H2,1H3. The lowest BCUT2D eigenvalue weighted by atomic mass is 10.1. The Morgan fingerprint density at radius 1 is 1.19 bits per heavy atom. The molecule has 0 radical (unpaired) electrons. The monoisotopic (exact) mass is 372 g/mol. The summed E-state index contributed by atoms with van der Waals surface area (Å²) in [5.74, 6) is 0.647. The highest BCUT2D eigenvalue weighted by atomic mass is 32.2. The molecule has 0 aliphatic rings. The summed E-state index contributed by atoms with van der Waals surface area (Å²) in [4.78, 5) is 10.8. The molecular weight excluding hydrogens is 355 g/mol. The summed E-state index contributed by atoms with van der Waals surface area (Å²) in [5, 5.41) is 14.9. The van der Waals surface area contributed by atoms with E-state index in [1.54, 1.807) is 30.8 Å². The van der Waals surface area contributed by atoms with E-state index in [4.69, 9.17) is 4.52 Å². The van der Waals surface area contributed by atoms with Crippen molar-refractivity contribution < 1.29 is 13.8 Å². The van der Waals surface area contributed by atoms with E-state index in [-0.39, 0.29) is 28.2 Å². The van der Waals surface area contributed by atoms with Gasteiger partial charge in [0.2, 0.25) is 5.76 Å². The van der Waals surface area contributed by atoms with Gasteiger partial charge in [-0.3, -0.25) is 10.1 Å². The van der Waals surface area contributed by atoms with Crippen LogP contribution in [0.4, 0.5) is 10.1 Å². The first-order chi connectivity index (χ1) is 12.5.